The van der Waals surface area contributed by atoms with E-state index in [2.05, 4.69) is 25.5 Å². The number of alkyl carbamates (subject to hydrolysis) is 2. The van der Waals surface area contributed by atoms with Crippen LogP contribution >= 0.6 is 24.0 Å². The van der Waals surface area contributed by atoms with Gasteiger partial charge in [0.15, 0.2) is 6.07 Å². The number of ether oxygens (including phenoxy) is 5. The second-order valence-corrected chi connectivity index (χ2v) is 18.5. The molecule has 3 N–H and O–H groups in total. The summed E-state index contributed by atoms with van der Waals surface area (Å²) in [4.78, 5) is 88.8. The van der Waals surface area contributed by atoms with E-state index in [0.717, 1.165) is 34.9 Å². The first-order valence-electron chi connectivity index (χ1n) is 23.7. The van der Waals surface area contributed by atoms with Crippen LogP contribution in [0.2, 0.25) is 0 Å². The Morgan fingerprint density at radius 1 is 0.731 bits per heavy atom. The van der Waals surface area contributed by atoms with Crippen LogP contribution in [0.1, 0.15) is 94.3 Å². The number of benzene rings is 2. The van der Waals surface area contributed by atoms with Crippen LogP contribution in [-0.4, -0.2) is 111 Å². The van der Waals surface area contributed by atoms with Crippen molar-refractivity contribution >= 4 is 78.7 Å². The van der Waals surface area contributed by atoms with Gasteiger partial charge in [-0.3, -0.25) is 18.8 Å². The summed E-state index contributed by atoms with van der Waals surface area (Å²) in [5.41, 5.74) is 2.76. The molecule has 0 fully saturated rings. The molecule has 0 aliphatic carbocycles. The number of nitrogens with one attached hydrogen (secondary N) is 2. The summed E-state index contributed by atoms with van der Waals surface area (Å²) in [6.45, 7) is 19.0. The van der Waals surface area contributed by atoms with E-state index in [4.69, 9.17) is 51.8 Å². The molecule has 424 valence electrons. The van der Waals surface area contributed by atoms with E-state index in [1.807, 2.05) is 97.8 Å². The predicted molar refractivity (Wildman–Crippen MR) is 283 cm³/mol. The number of carboxylic acids is 1. The van der Waals surface area contributed by atoms with Crippen molar-refractivity contribution in [3.63, 3.8) is 0 Å². The molecule has 0 radical (unpaired) electrons. The smallest absolute Gasteiger partial charge is 1.00 e. The van der Waals surface area contributed by atoms with Gasteiger partial charge in [0.25, 0.3) is 6.47 Å². The molecular weight excluding hydrogens is 1300 g/mol. The quantitative estimate of drug-likeness (QED) is 0.0167. The van der Waals surface area contributed by atoms with Gasteiger partial charge < -0.3 is 60.1 Å². The monoisotopic (exact) mass is 1380 g/mol. The zero-order chi connectivity index (χ0) is 57.7. The summed E-state index contributed by atoms with van der Waals surface area (Å²) in [6.07, 6.45) is 15.2. The Morgan fingerprint density at radius 3 is 1.41 bits per heavy atom. The molecular formula is C52H73Cl2Cs2FN6O15. The minimum atomic E-state index is -1.00. The molecule has 4 aromatic rings. The molecule has 2 aromatic heterocycles. The first-order valence-corrected chi connectivity index (χ1v) is 23.6. The Kier molecular flexibility index (Phi) is 47.0. The average molecular weight is 1380 g/mol. The number of carboxylic acid groups (broad SMARTS) is 1. The number of amides is 2. The van der Waals surface area contributed by atoms with Crippen molar-refractivity contribution in [2.24, 2.45) is 23.7 Å². The predicted octanol–water partition coefficient (Wildman–Crippen LogP) is 1.90. The Bertz CT molecular complexity index is 2360. The van der Waals surface area contributed by atoms with E-state index in [9.17, 15) is 33.2 Å². The van der Waals surface area contributed by atoms with Crippen LogP contribution in [0.15, 0.2) is 98.1 Å². The molecule has 2 aromatic carbocycles. The molecule has 0 spiro atoms. The van der Waals surface area contributed by atoms with E-state index >= 15 is 0 Å². The fraction of sp³-hybridized carbons (Fsp3) is 0.442. The van der Waals surface area contributed by atoms with Crippen molar-refractivity contribution in [1.82, 2.24) is 29.7 Å². The number of hydrogen-bond acceptors (Lipinski definition) is 16. The number of carbonyl (C=O) groups is 7. The maximum atomic E-state index is 12.4. The average Bonchev–Trinajstić information content (AvgIpc) is 4.06. The van der Waals surface area contributed by atoms with E-state index in [1.54, 1.807) is 78.7 Å². The summed E-state index contributed by atoms with van der Waals surface area (Å²) in [6, 6.07) is 15.3. The van der Waals surface area contributed by atoms with Crippen LogP contribution in [0.25, 0.3) is 12.2 Å². The molecule has 0 aliphatic heterocycles. The summed E-state index contributed by atoms with van der Waals surface area (Å²) in [5, 5.41) is 22.1. The second-order valence-electron chi connectivity index (χ2n) is 18.2. The summed E-state index contributed by atoms with van der Waals surface area (Å²) in [5.74, 6) is -3.67. The summed E-state index contributed by atoms with van der Waals surface area (Å²) < 4.78 is 44.4. The third kappa shape index (κ3) is 41.8. The van der Waals surface area contributed by atoms with Crippen LogP contribution < -0.4 is 154 Å². The van der Waals surface area contributed by atoms with Crippen LogP contribution in [0.3, 0.4) is 0 Å². The van der Waals surface area contributed by atoms with Crippen molar-refractivity contribution in [2.45, 2.75) is 93.5 Å². The van der Waals surface area contributed by atoms with Crippen LogP contribution in [-0.2, 0) is 65.6 Å². The summed E-state index contributed by atoms with van der Waals surface area (Å²) in [7, 11) is -1.00. The van der Waals surface area contributed by atoms with Gasteiger partial charge in [0.2, 0.25) is 6.79 Å². The standard InChI is InChI=1S/C25H33N3O6.C13H12N2O2.C12H22ClNO4.CH3F.CH2O3.ClH.2Cs.H/c1-18(2)21(14-27-24(31)34-25(3,4)5)23(30)33-17-32-22(29)11-10-19-6-8-20(9-7-19)15-28-13-12-26-16-28;16-13(17)6-5-11-1-3-12(4-2-11)9-15-8-7-14-10-15;1-8(2)9(10(15)17-7-13)6-14-11(16)18-12(3,4)5;1-2;2-1-4-3;;;;/h6-13,16,18,21H,14-15,17H2,1-5H3,(H,27,31);1-8,10H,9H2,(H,16,17);8-9H,6-7H2,1-5H3,(H,14,16);1H3;1,3H;1H;;;/q;;;;;;2*+1;-1/p-1/b11-10+;6-5+;;;;;;;/i;;;1D;;;;;. The van der Waals surface area contributed by atoms with Crippen molar-refractivity contribution < 1.29 is 217 Å². The normalized spacial score (nSPS) is 11.3. The molecule has 0 bridgehead atoms. The third-order valence-electron chi connectivity index (χ3n) is 9.22. The number of rotatable bonds is 20. The first-order chi connectivity index (χ1) is 35.8. The van der Waals surface area contributed by atoms with Crippen molar-refractivity contribution in [3.8, 4) is 0 Å². The first kappa shape index (κ1) is 79.0. The maximum Gasteiger partial charge on any atom is 1.00 e. The molecule has 2 atom stereocenters. The second kappa shape index (κ2) is 46.4. The van der Waals surface area contributed by atoms with Gasteiger partial charge >= 0.3 is 174 Å². The molecule has 0 saturated heterocycles. The van der Waals surface area contributed by atoms with Gasteiger partial charge in [-0.2, -0.15) is 0 Å². The number of nitrogens with zero attached hydrogens (tertiary/aromatic N) is 4. The molecule has 78 heavy (non-hydrogen) atoms. The van der Waals surface area contributed by atoms with E-state index < -0.39 is 73.0 Å². The van der Waals surface area contributed by atoms with Gasteiger partial charge in [-0.15, -0.1) is 12.4 Å². The largest absolute Gasteiger partial charge is 1.00 e. The van der Waals surface area contributed by atoms with Crippen LogP contribution in [0.4, 0.5) is 14.0 Å². The number of aromatic nitrogens is 4. The van der Waals surface area contributed by atoms with Gasteiger partial charge in [-0.05, 0) is 87.8 Å². The van der Waals surface area contributed by atoms with Crippen molar-refractivity contribution in [3.05, 3.63) is 120 Å². The van der Waals surface area contributed by atoms with Gasteiger partial charge in [-0.1, -0.05) is 87.8 Å². The third-order valence-corrected chi connectivity index (χ3v) is 9.33. The number of hydrogen-bond donors (Lipinski definition) is 3. The fourth-order valence-corrected chi connectivity index (χ4v) is 5.75. The number of carbonyl (C=O) groups excluding carboxylic acids is 6. The van der Waals surface area contributed by atoms with Crippen LogP contribution in [0.5, 0.6) is 0 Å². The molecule has 2 unspecified atom stereocenters. The number of esters is 3. The molecule has 0 saturated carbocycles. The SMILES string of the molecule is CC(C)C(CNC(=O)OC(C)(C)C)C(=O)OCCl.CC(C)C(CNC(=O)OC(C)(C)C)C(=O)OCOC(=O)/C=C/c1ccc(Cn2ccnc2)cc1.Cl.O=C(O)/C=C/c1ccc(Cn2ccnc2)cc1.O=CO[O-].[2H]CF.[Cs+].[Cs+].[H-]. The Morgan fingerprint density at radius 2 is 1.10 bits per heavy atom. The molecule has 2 amide bonds. The topological polar surface area (TPSA) is 278 Å². The fourth-order valence-electron chi connectivity index (χ4n) is 5.64. The number of imidazole rings is 2. The minimum absolute atomic E-state index is 0. The molecule has 21 nitrogen and oxygen atoms in total. The van der Waals surface area contributed by atoms with Crippen molar-refractivity contribution in [1.29, 1.82) is 0 Å². The molecule has 4 rings (SSSR count). The molecule has 2 heterocycles. The number of aliphatic carboxylic acids is 1. The van der Waals surface area contributed by atoms with Gasteiger partial charge in [0.1, 0.15) is 11.2 Å². The van der Waals surface area contributed by atoms with Crippen molar-refractivity contribution in [2.75, 3.05) is 33.1 Å². The number of halogens is 3. The van der Waals surface area contributed by atoms with Gasteiger partial charge in [0, 0.05) is 63.1 Å². The molecule has 26 heteroatoms. The Balaban J connectivity index is -0.000000347. The number of alkyl halides is 2. The zero-order valence-electron chi connectivity index (χ0n) is 48.3. The van der Waals surface area contributed by atoms with Gasteiger partial charge in [-0.25, -0.2) is 29.1 Å². The Hall–Kier alpha value is -3.20. The van der Waals surface area contributed by atoms with E-state index in [0.29, 0.717) is 6.54 Å². The Labute approximate surface area is 587 Å². The van der Waals surface area contributed by atoms with E-state index in [-0.39, 0.29) is 189 Å². The maximum absolute atomic E-state index is 12.4. The minimum Gasteiger partial charge on any atom is -1.00 e. The molecule has 0 aliphatic rings. The van der Waals surface area contributed by atoms with E-state index in [1.165, 1.54) is 6.08 Å². The summed E-state index contributed by atoms with van der Waals surface area (Å²) >= 11 is 5.34. The zero-order valence-corrected chi connectivity index (χ0v) is 60.5. The van der Waals surface area contributed by atoms with Crippen LogP contribution in [0, 0.1) is 23.7 Å². The van der Waals surface area contributed by atoms with Gasteiger partial charge in [0.05, 0.1) is 33.0 Å².